The first-order chi connectivity index (χ1) is 11.9. The fraction of sp³-hybridized carbons (Fsp3) is 0.350. The molecule has 2 aromatic carbocycles. The fourth-order valence-electron chi connectivity index (χ4n) is 3.54. The zero-order valence-corrected chi connectivity index (χ0v) is 15.8. The van der Waals surface area contributed by atoms with Gasteiger partial charge in [0.05, 0.1) is 17.4 Å². The molecule has 2 aromatic rings. The third-order valence-electron chi connectivity index (χ3n) is 5.24. The van der Waals surface area contributed by atoms with Gasteiger partial charge in [-0.05, 0) is 62.6 Å². The van der Waals surface area contributed by atoms with Crippen molar-refractivity contribution in [3.63, 3.8) is 0 Å². The van der Waals surface area contributed by atoms with E-state index in [9.17, 15) is 4.79 Å². The van der Waals surface area contributed by atoms with Gasteiger partial charge in [-0.25, -0.2) is 0 Å². The van der Waals surface area contributed by atoms with Crippen molar-refractivity contribution in [2.75, 3.05) is 5.43 Å². The maximum absolute atomic E-state index is 12.0. The van der Waals surface area contributed by atoms with Crippen LogP contribution in [0.3, 0.4) is 0 Å². The molecule has 0 saturated carbocycles. The Kier molecular flexibility index (Phi) is 4.87. The van der Waals surface area contributed by atoms with Crippen LogP contribution in [0.1, 0.15) is 30.5 Å². The van der Waals surface area contributed by atoms with Crippen LogP contribution in [0, 0.1) is 13.8 Å². The van der Waals surface area contributed by atoms with E-state index >= 15 is 0 Å². The Balaban J connectivity index is 1.94. The monoisotopic (exact) mass is 357 g/mol. The smallest absolute Gasteiger partial charge is 0.141 e. The Labute approximate surface area is 154 Å². The van der Waals surface area contributed by atoms with Crippen LogP contribution in [0.5, 0.6) is 0 Å². The van der Waals surface area contributed by atoms with Crippen molar-refractivity contribution in [3.8, 4) is 0 Å². The molecule has 132 valence electrons. The van der Waals surface area contributed by atoms with Crippen LogP contribution in [0.15, 0.2) is 42.5 Å². The molecule has 4 nitrogen and oxygen atoms in total. The Morgan fingerprint density at radius 2 is 1.88 bits per heavy atom. The van der Waals surface area contributed by atoms with Crippen molar-refractivity contribution in [2.24, 2.45) is 0 Å². The number of halogens is 1. The van der Waals surface area contributed by atoms with E-state index < -0.39 is 5.54 Å². The SMILES string of the molecule is Cc1cccc(NN2C(C)NC(C)(c3ccc(Cl)cc3)C2C=O)c1C. The average Bonchev–Trinajstić information content (AvgIpc) is 2.83. The van der Waals surface area contributed by atoms with E-state index in [0.717, 1.165) is 17.5 Å². The van der Waals surface area contributed by atoms with Crippen LogP contribution in [0.2, 0.25) is 5.02 Å². The summed E-state index contributed by atoms with van der Waals surface area (Å²) in [4.78, 5) is 12.0. The number of benzene rings is 2. The zero-order valence-electron chi connectivity index (χ0n) is 15.0. The number of hydrogen-bond donors (Lipinski definition) is 2. The van der Waals surface area contributed by atoms with Crippen LogP contribution in [0.4, 0.5) is 5.69 Å². The van der Waals surface area contributed by atoms with Gasteiger partial charge in [-0.15, -0.1) is 0 Å². The zero-order chi connectivity index (χ0) is 18.2. The first-order valence-corrected chi connectivity index (χ1v) is 8.85. The maximum atomic E-state index is 12.0. The number of hydrazine groups is 1. The molecule has 5 heteroatoms. The van der Waals surface area contributed by atoms with Crippen molar-refractivity contribution >= 4 is 23.6 Å². The Hall–Kier alpha value is -1.88. The number of carbonyl (C=O) groups excluding carboxylic acids is 1. The largest absolute Gasteiger partial charge is 0.316 e. The normalized spacial score (nSPS) is 26.6. The molecule has 1 fully saturated rings. The summed E-state index contributed by atoms with van der Waals surface area (Å²) in [5.41, 5.74) is 7.39. The molecule has 25 heavy (non-hydrogen) atoms. The Morgan fingerprint density at radius 3 is 2.52 bits per heavy atom. The van der Waals surface area contributed by atoms with Crippen LogP contribution in [-0.4, -0.2) is 23.5 Å². The van der Waals surface area contributed by atoms with Crippen LogP contribution in [0.25, 0.3) is 0 Å². The molecule has 3 rings (SSSR count). The highest BCUT2D eigenvalue weighted by molar-refractivity contribution is 6.30. The Morgan fingerprint density at radius 1 is 1.20 bits per heavy atom. The minimum Gasteiger partial charge on any atom is -0.316 e. The molecule has 1 aliphatic rings. The topological polar surface area (TPSA) is 44.4 Å². The van der Waals surface area contributed by atoms with Gasteiger partial charge >= 0.3 is 0 Å². The number of aryl methyl sites for hydroxylation is 1. The van der Waals surface area contributed by atoms with Gasteiger partial charge in [-0.1, -0.05) is 35.9 Å². The molecule has 1 heterocycles. The van der Waals surface area contributed by atoms with Crippen molar-refractivity contribution in [1.82, 2.24) is 10.3 Å². The summed E-state index contributed by atoms with van der Waals surface area (Å²) in [5, 5.41) is 6.24. The highest BCUT2D eigenvalue weighted by Crippen LogP contribution is 2.35. The van der Waals surface area contributed by atoms with E-state index in [-0.39, 0.29) is 12.2 Å². The number of anilines is 1. The Bertz CT molecular complexity index is 777. The van der Waals surface area contributed by atoms with Gasteiger partial charge in [0.2, 0.25) is 0 Å². The molecule has 2 N–H and O–H groups in total. The van der Waals surface area contributed by atoms with Crippen LogP contribution >= 0.6 is 11.6 Å². The van der Waals surface area contributed by atoms with Gasteiger partial charge in [-0.2, -0.15) is 5.01 Å². The lowest BCUT2D eigenvalue weighted by atomic mass is 9.86. The van der Waals surface area contributed by atoms with E-state index in [2.05, 4.69) is 44.5 Å². The van der Waals surface area contributed by atoms with E-state index in [1.165, 1.54) is 11.1 Å². The third-order valence-corrected chi connectivity index (χ3v) is 5.50. The summed E-state index contributed by atoms with van der Waals surface area (Å²) in [7, 11) is 0. The highest BCUT2D eigenvalue weighted by atomic mass is 35.5. The molecule has 3 unspecified atom stereocenters. The third kappa shape index (κ3) is 3.17. The summed E-state index contributed by atoms with van der Waals surface area (Å²) < 4.78 is 0. The van der Waals surface area contributed by atoms with Crippen molar-refractivity contribution in [3.05, 3.63) is 64.2 Å². The summed E-state index contributed by atoms with van der Waals surface area (Å²) in [5.74, 6) is 0. The number of nitrogens with zero attached hydrogens (tertiary/aromatic N) is 1. The first kappa shape index (κ1) is 17.9. The molecule has 3 atom stereocenters. The quantitative estimate of drug-likeness (QED) is 0.811. The standard InChI is InChI=1S/C20H24ClN3O/c1-13-6-5-7-18(14(13)2)23-24-15(3)22-20(4,19(24)12-25)16-8-10-17(21)11-9-16/h5-12,15,19,22-23H,1-4H3. The van der Waals surface area contributed by atoms with Gasteiger partial charge < -0.3 is 10.2 Å². The number of hydrogen-bond acceptors (Lipinski definition) is 4. The molecule has 1 saturated heterocycles. The minimum absolute atomic E-state index is 0.0178. The van der Waals surface area contributed by atoms with Crippen molar-refractivity contribution < 1.29 is 4.79 Å². The predicted molar refractivity (Wildman–Crippen MR) is 103 cm³/mol. The fourth-order valence-corrected chi connectivity index (χ4v) is 3.66. The number of rotatable bonds is 4. The lowest BCUT2D eigenvalue weighted by molar-refractivity contribution is -0.112. The molecule has 0 aliphatic carbocycles. The van der Waals surface area contributed by atoms with Gasteiger partial charge in [0.1, 0.15) is 12.3 Å². The summed E-state index contributed by atoms with van der Waals surface area (Å²) in [6.07, 6.45) is 0.985. The highest BCUT2D eigenvalue weighted by Gasteiger charge is 2.48. The second kappa shape index (κ2) is 6.79. The number of aldehydes is 1. The van der Waals surface area contributed by atoms with Gasteiger partial charge in [-0.3, -0.25) is 5.32 Å². The summed E-state index contributed by atoms with van der Waals surface area (Å²) in [6, 6.07) is 13.4. The average molecular weight is 358 g/mol. The molecule has 1 aliphatic heterocycles. The van der Waals surface area contributed by atoms with E-state index in [1.807, 2.05) is 41.4 Å². The second-order valence-electron chi connectivity index (χ2n) is 6.88. The minimum atomic E-state index is -0.503. The second-order valence-corrected chi connectivity index (χ2v) is 7.31. The van der Waals surface area contributed by atoms with Gasteiger partial charge in [0.25, 0.3) is 0 Å². The summed E-state index contributed by atoms with van der Waals surface area (Å²) >= 11 is 6.02. The van der Waals surface area contributed by atoms with Crippen LogP contribution in [-0.2, 0) is 10.3 Å². The lowest BCUT2D eigenvalue weighted by Gasteiger charge is -2.32. The van der Waals surface area contributed by atoms with E-state index in [1.54, 1.807) is 0 Å². The van der Waals surface area contributed by atoms with Crippen molar-refractivity contribution in [2.45, 2.75) is 45.4 Å². The van der Waals surface area contributed by atoms with E-state index in [0.29, 0.717) is 5.02 Å². The first-order valence-electron chi connectivity index (χ1n) is 8.47. The van der Waals surface area contributed by atoms with Crippen LogP contribution < -0.4 is 10.7 Å². The molecule has 0 amide bonds. The molecule has 0 bridgehead atoms. The molecule has 0 radical (unpaired) electrons. The lowest BCUT2D eigenvalue weighted by Crippen LogP contribution is -2.47. The maximum Gasteiger partial charge on any atom is 0.141 e. The summed E-state index contributed by atoms with van der Waals surface area (Å²) in [6.45, 7) is 8.27. The van der Waals surface area contributed by atoms with Gasteiger partial charge in [0, 0.05) is 5.02 Å². The van der Waals surface area contributed by atoms with Crippen molar-refractivity contribution in [1.29, 1.82) is 0 Å². The number of nitrogens with one attached hydrogen (secondary N) is 2. The van der Waals surface area contributed by atoms with E-state index in [4.69, 9.17) is 11.6 Å². The number of carbonyl (C=O) groups is 1. The molecule has 0 aromatic heterocycles. The molecular weight excluding hydrogens is 334 g/mol. The predicted octanol–water partition coefficient (Wildman–Crippen LogP) is 4.02. The molecular formula is C20H24ClN3O. The van der Waals surface area contributed by atoms with Gasteiger partial charge in [0.15, 0.2) is 0 Å². The molecule has 0 spiro atoms.